The van der Waals surface area contributed by atoms with E-state index >= 15 is 0 Å². The number of hydrogen-bond donors (Lipinski definition) is 1. The molecule has 0 saturated heterocycles. The lowest BCUT2D eigenvalue weighted by Crippen LogP contribution is -2.32. The van der Waals surface area contributed by atoms with Crippen LogP contribution in [0.25, 0.3) is 0 Å². The molecule has 0 unspecified atom stereocenters. The van der Waals surface area contributed by atoms with Crippen LogP contribution in [0.2, 0.25) is 0 Å². The normalized spacial score (nSPS) is 21.5. The van der Waals surface area contributed by atoms with Gasteiger partial charge in [0.1, 0.15) is 11.3 Å². The van der Waals surface area contributed by atoms with Gasteiger partial charge in [0.15, 0.2) is 5.78 Å². The smallest absolute Gasteiger partial charge is 0.340 e. The molecule has 2 aliphatic rings. The summed E-state index contributed by atoms with van der Waals surface area (Å²) in [6.45, 7) is 0. The molecule has 0 radical (unpaired) electrons. The molecule has 0 saturated carbocycles. The summed E-state index contributed by atoms with van der Waals surface area (Å²) < 4.78 is 11.7. The minimum Gasteiger partial charge on any atom is -0.465 e. The molecular weight excluding hydrogens is 434 g/mol. The Hall–Kier alpha value is -2.86. The van der Waals surface area contributed by atoms with Gasteiger partial charge in [0, 0.05) is 22.9 Å². The molecule has 2 aromatic rings. The van der Waals surface area contributed by atoms with Crippen molar-refractivity contribution < 1.29 is 19.1 Å². The van der Waals surface area contributed by atoms with Crippen LogP contribution in [0.5, 0.6) is 0 Å². The number of nitrogens with two attached hydrogens (primary N) is 1. The summed E-state index contributed by atoms with van der Waals surface area (Å²) in [5.41, 5.74) is 8.68. The molecule has 1 aliphatic carbocycles. The SMILES string of the molecule is COC(=O)C1=C(N)OC2=C(C(=O)C[C@@H](c3ccccc3)C2)[C@@H]1c1ccc(Br)cc1. The Kier molecular flexibility index (Phi) is 5.28. The van der Waals surface area contributed by atoms with Gasteiger partial charge in [0.25, 0.3) is 0 Å². The zero-order valence-electron chi connectivity index (χ0n) is 15.9. The Morgan fingerprint density at radius 2 is 1.76 bits per heavy atom. The minimum atomic E-state index is -0.608. The van der Waals surface area contributed by atoms with E-state index in [2.05, 4.69) is 15.9 Å². The number of allylic oxidation sites excluding steroid dienone is 2. The molecule has 148 valence electrons. The summed E-state index contributed by atoms with van der Waals surface area (Å²) in [5.74, 6) is -0.705. The zero-order valence-corrected chi connectivity index (χ0v) is 17.4. The lowest BCUT2D eigenvalue weighted by Gasteiger charge is -2.35. The standard InChI is InChI=1S/C23H20BrNO4/c1-28-23(27)21-19(14-7-9-16(24)10-8-14)20-17(26)11-15(12-18(20)29-22(21)25)13-5-3-2-4-6-13/h2-10,15,19H,11-12,25H2,1H3/t15-,19+/m1/s1. The molecule has 6 heteroatoms. The highest BCUT2D eigenvalue weighted by molar-refractivity contribution is 9.10. The van der Waals surface area contributed by atoms with Gasteiger partial charge in [-0.1, -0.05) is 58.4 Å². The molecule has 1 heterocycles. The number of ether oxygens (including phenoxy) is 2. The maximum atomic E-state index is 13.3. The number of carbonyl (C=O) groups excluding carboxylic acids is 2. The van der Waals surface area contributed by atoms with Gasteiger partial charge in [-0.05, 0) is 29.2 Å². The predicted octanol–water partition coefficient (Wildman–Crippen LogP) is 4.31. The van der Waals surface area contributed by atoms with E-state index < -0.39 is 11.9 Å². The third kappa shape index (κ3) is 3.60. The predicted molar refractivity (Wildman–Crippen MR) is 112 cm³/mol. The molecule has 0 aromatic heterocycles. The maximum absolute atomic E-state index is 13.3. The number of esters is 1. The van der Waals surface area contributed by atoms with Crippen LogP contribution in [0.3, 0.4) is 0 Å². The highest BCUT2D eigenvalue weighted by atomic mass is 79.9. The van der Waals surface area contributed by atoms with Crippen molar-refractivity contribution in [1.29, 1.82) is 0 Å². The number of ketones is 1. The fraction of sp³-hybridized carbons (Fsp3) is 0.217. The number of carbonyl (C=O) groups is 2. The zero-order chi connectivity index (χ0) is 20.5. The highest BCUT2D eigenvalue weighted by Crippen LogP contribution is 2.47. The molecule has 2 atom stereocenters. The molecule has 0 amide bonds. The number of halogens is 1. The van der Waals surface area contributed by atoms with E-state index in [0.717, 1.165) is 15.6 Å². The van der Waals surface area contributed by atoms with Crippen LogP contribution in [0, 0.1) is 0 Å². The van der Waals surface area contributed by atoms with Crippen molar-refractivity contribution in [2.75, 3.05) is 7.11 Å². The van der Waals surface area contributed by atoms with Gasteiger partial charge in [0.05, 0.1) is 13.0 Å². The second kappa shape index (κ2) is 7.87. The van der Waals surface area contributed by atoms with E-state index in [1.54, 1.807) is 0 Å². The van der Waals surface area contributed by atoms with Crippen LogP contribution in [-0.4, -0.2) is 18.9 Å². The quantitative estimate of drug-likeness (QED) is 0.700. The second-order valence-corrected chi connectivity index (χ2v) is 8.05. The van der Waals surface area contributed by atoms with E-state index in [4.69, 9.17) is 15.2 Å². The second-order valence-electron chi connectivity index (χ2n) is 7.13. The molecule has 2 N–H and O–H groups in total. The lowest BCUT2D eigenvalue weighted by atomic mass is 9.73. The third-order valence-electron chi connectivity index (χ3n) is 5.42. The fourth-order valence-electron chi connectivity index (χ4n) is 4.07. The molecule has 1 aliphatic heterocycles. The Labute approximate surface area is 177 Å². The molecule has 4 rings (SSSR count). The van der Waals surface area contributed by atoms with Crippen molar-refractivity contribution in [3.05, 3.63) is 93.0 Å². The average molecular weight is 454 g/mol. The lowest BCUT2D eigenvalue weighted by molar-refractivity contribution is -0.136. The largest absolute Gasteiger partial charge is 0.465 e. The first-order valence-electron chi connectivity index (χ1n) is 9.32. The van der Waals surface area contributed by atoms with Gasteiger partial charge < -0.3 is 15.2 Å². The molecule has 5 nitrogen and oxygen atoms in total. The van der Waals surface area contributed by atoms with Crippen molar-refractivity contribution in [2.24, 2.45) is 5.73 Å². The minimum absolute atomic E-state index is 0.00923. The monoisotopic (exact) mass is 453 g/mol. The summed E-state index contributed by atoms with van der Waals surface area (Å²) in [6.07, 6.45) is 0.904. The topological polar surface area (TPSA) is 78.6 Å². The first-order chi connectivity index (χ1) is 14.0. The van der Waals surface area contributed by atoms with E-state index in [1.165, 1.54) is 7.11 Å². The van der Waals surface area contributed by atoms with Crippen LogP contribution >= 0.6 is 15.9 Å². The van der Waals surface area contributed by atoms with Crippen LogP contribution in [-0.2, 0) is 19.1 Å². The van der Waals surface area contributed by atoms with Crippen molar-refractivity contribution in [2.45, 2.75) is 24.7 Å². The molecule has 0 fully saturated rings. The Balaban J connectivity index is 1.81. The van der Waals surface area contributed by atoms with Crippen molar-refractivity contribution >= 4 is 27.7 Å². The molecule has 29 heavy (non-hydrogen) atoms. The van der Waals surface area contributed by atoms with Crippen LogP contribution < -0.4 is 5.73 Å². The first kappa shape index (κ1) is 19.5. The number of methoxy groups -OCH3 is 1. The van der Waals surface area contributed by atoms with Crippen molar-refractivity contribution in [3.8, 4) is 0 Å². The Bertz CT molecular complexity index is 1020. The summed E-state index contributed by atoms with van der Waals surface area (Å²) in [4.78, 5) is 25.8. The van der Waals surface area contributed by atoms with Gasteiger partial charge in [-0.2, -0.15) is 0 Å². The fourth-order valence-corrected chi connectivity index (χ4v) is 4.33. The van der Waals surface area contributed by atoms with Gasteiger partial charge in [-0.15, -0.1) is 0 Å². The van der Waals surface area contributed by atoms with E-state index in [-0.39, 0.29) is 23.2 Å². The molecular formula is C23H20BrNO4. The Morgan fingerprint density at radius 1 is 1.07 bits per heavy atom. The average Bonchev–Trinajstić information content (AvgIpc) is 2.73. The summed E-state index contributed by atoms with van der Waals surface area (Å²) in [6, 6.07) is 17.4. The molecule has 2 aromatic carbocycles. The van der Waals surface area contributed by atoms with Gasteiger partial charge >= 0.3 is 5.97 Å². The van der Waals surface area contributed by atoms with Gasteiger partial charge in [-0.3, -0.25) is 4.79 Å². The summed E-state index contributed by atoms with van der Waals surface area (Å²) in [5, 5.41) is 0. The van der Waals surface area contributed by atoms with Crippen molar-refractivity contribution in [1.82, 2.24) is 0 Å². The van der Waals surface area contributed by atoms with Gasteiger partial charge in [0.2, 0.25) is 5.88 Å². The number of rotatable bonds is 3. The highest BCUT2D eigenvalue weighted by Gasteiger charge is 2.43. The third-order valence-corrected chi connectivity index (χ3v) is 5.95. The van der Waals surface area contributed by atoms with Crippen molar-refractivity contribution in [3.63, 3.8) is 0 Å². The first-order valence-corrected chi connectivity index (χ1v) is 10.1. The van der Waals surface area contributed by atoms with E-state index in [1.807, 2.05) is 54.6 Å². The molecule has 0 spiro atoms. The summed E-state index contributed by atoms with van der Waals surface area (Å²) >= 11 is 3.42. The molecule has 0 bridgehead atoms. The summed E-state index contributed by atoms with van der Waals surface area (Å²) in [7, 11) is 1.29. The van der Waals surface area contributed by atoms with Gasteiger partial charge in [-0.25, -0.2) is 4.79 Å². The maximum Gasteiger partial charge on any atom is 0.340 e. The number of hydrogen-bond acceptors (Lipinski definition) is 5. The Morgan fingerprint density at radius 3 is 2.41 bits per heavy atom. The van der Waals surface area contributed by atoms with E-state index in [9.17, 15) is 9.59 Å². The van der Waals surface area contributed by atoms with E-state index in [0.29, 0.717) is 24.2 Å². The number of benzene rings is 2. The van der Waals surface area contributed by atoms with Crippen LogP contribution in [0.1, 0.15) is 35.8 Å². The number of Topliss-reactive ketones (excluding diaryl/α,β-unsaturated/α-hetero) is 1. The van der Waals surface area contributed by atoms with Crippen LogP contribution in [0.4, 0.5) is 0 Å². The van der Waals surface area contributed by atoms with Crippen LogP contribution in [0.15, 0.2) is 81.9 Å².